The van der Waals surface area contributed by atoms with Crippen LogP contribution in [0, 0.1) is 0 Å². The summed E-state index contributed by atoms with van der Waals surface area (Å²) < 4.78 is 5.33. The second kappa shape index (κ2) is 9.80. The number of carbonyl (C=O) groups excluding carboxylic acids is 2. The molecule has 0 atom stereocenters. The van der Waals surface area contributed by atoms with E-state index < -0.39 is 0 Å². The number of rotatable bonds is 8. The predicted octanol–water partition coefficient (Wildman–Crippen LogP) is 2.36. The van der Waals surface area contributed by atoms with E-state index in [0.29, 0.717) is 12.2 Å². The van der Waals surface area contributed by atoms with Crippen LogP contribution in [0.2, 0.25) is 0 Å². The SMILES string of the molecule is CCCCCC(=O)NNC(=O)COc1ccc(CC)cc1. The fraction of sp³-hybridized carbons (Fsp3) is 0.500. The van der Waals surface area contributed by atoms with Crippen LogP contribution < -0.4 is 15.6 Å². The number of unbranched alkanes of at least 4 members (excludes halogenated alkanes) is 2. The van der Waals surface area contributed by atoms with Crippen molar-refractivity contribution in [1.82, 2.24) is 10.9 Å². The molecular formula is C16H24N2O3. The van der Waals surface area contributed by atoms with Gasteiger partial charge in [0.05, 0.1) is 0 Å². The quantitative estimate of drug-likeness (QED) is 0.571. The number of hydrogen-bond donors (Lipinski definition) is 2. The van der Waals surface area contributed by atoms with Gasteiger partial charge in [0, 0.05) is 6.42 Å². The Bertz CT molecular complexity index is 443. The average molecular weight is 292 g/mol. The number of nitrogens with one attached hydrogen (secondary N) is 2. The summed E-state index contributed by atoms with van der Waals surface area (Å²) in [5.41, 5.74) is 5.93. The Morgan fingerprint density at radius 1 is 1.00 bits per heavy atom. The lowest BCUT2D eigenvalue weighted by Crippen LogP contribution is -2.43. The molecule has 2 amide bonds. The molecule has 0 fully saturated rings. The van der Waals surface area contributed by atoms with Gasteiger partial charge in [0.1, 0.15) is 5.75 Å². The van der Waals surface area contributed by atoms with E-state index in [1.165, 1.54) is 5.56 Å². The Balaban J connectivity index is 2.19. The van der Waals surface area contributed by atoms with Gasteiger partial charge in [-0.2, -0.15) is 0 Å². The molecule has 0 bridgehead atoms. The summed E-state index contributed by atoms with van der Waals surface area (Å²) in [6, 6.07) is 7.58. The smallest absolute Gasteiger partial charge is 0.276 e. The molecule has 0 spiro atoms. The van der Waals surface area contributed by atoms with Crippen molar-refractivity contribution in [3.63, 3.8) is 0 Å². The fourth-order valence-electron chi connectivity index (χ4n) is 1.74. The van der Waals surface area contributed by atoms with Gasteiger partial charge in [-0.3, -0.25) is 20.4 Å². The van der Waals surface area contributed by atoms with Crippen LogP contribution >= 0.6 is 0 Å². The fourth-order valence-corrected chi connectivity index (χ4v) is 1.74. The molecule has 0 saturated carbocycles. The number of ether oxygens (including phenoxy) is 1. The van der Waals surface area contributed by atoms with E-state index in [1.54, 1.807) is 0 Å². The topological polar surface area (TPSA) is 67.4 Å². The van der Waals surface area contributed by atoms with Crippen LogP contribution in [-0.2, 0) is 16.0 Å². The molecule has 0 radical (unpaired) electrons. The number of hydrazine groups is 1. The van der Waals surface area contributed by atoms with Crippen molar-refractivity contribution in [3.8, 4) is 5.75 Å². The predicted molar refractivity (Wildman–Crippen MR) is 81.7 cm³/mol. The highest BCUT2D eigenvalue weighted by atomic mass is 16.5. The lowest BCUT2D eigenvalue weighted by Gasteiger charge is -2.09. The Labute approximate surface area is 126 Å². The van der Waals surface area contributed by atoms with Gasteiger partial charge in [0.15, 0.2) is 6.61 Å². The molecule has 1 rings (SSSR count). The maximum absolute atomic E-state index is 11.5. The van der Waals surface area contributed by atoms with Gasteiger partial charge in [-0.1, -0.05) is 38.8 Å². The largest absolute Gasteiger partial charge is 0.484 e. The third-order valence-corrected chi connectivity index (χ3v) is 3.05. The molecule has 0 aromatic heterocycles. The van der Waals surface area contributed by atoms with Crippen LogP contribution in [0.5, 0.6) is 5.75 Å². The summed E-state index contributed by atoms with van der Waals surface area (Å²) in [4.78, 5) is 22.9. The van der Waals surface area contributed by atoms with E-state index in [1.807, 2.05) is 24.3 Å². The van der Waals surface area contributed by atoms with Crippen LogP contribution in [0.4, 0.5) is 0 Å². The summed E-state index contributed by atoms with van der Waals surface area (Å²) in [6.45, 7) is 4.03. The maximum Gasteiger partial charge on any atom is 0.276 e. The molecule has 5 nitrogen and oxygen atoms in total. The highest BCUT2D eigenvalue weighted by Crippen LogP contribution is 2.12. The van der Waals surface area contributed by atoms with E-state index in [0.717, 1.165) is 25.7 Å². The van der Waals surface area contributed by atoms with Crippen molar-refractivity contribution >= 4 is 11.8 Å². The first-order chi connectivity index (χ1) is 10.2. The van der Waals surface area contributed by atoms with Gasteiger partial charge < -0.3 is 4.74 Å². The molecule has 2 N–H and O–H groups in total. The molecule has 0 heterocycles. The van der Waals surface area contributed by atoms with Crippen molar-refractivity contribution in [2.45, 2.75) is 46.0 Å². The van der Waals surface area contributed by atoms with Gasteiger partial charge in [-0.15, -0.1) is 0 Å². The molecule has 0 aliphatic rings. The summed E-state index contributed by atoms with van der Waals surface area (Å²) in [5.74, 6) is 0.0825. The van der Waals surface area contributed by atoms with Gasteiger partial charge in [0.25, 0.3) is 5.91 Å². The summed E-state index contributed by atoms with van der Waals surface area (Å²) >= 11 is 0. The van der Waals surface area contributed by atoms with Crippen molar-refractivity contribution in [2.24, 2.45) is 0 Å². The first-order valence-corrected chi connectivity index (χ1v) is 7.45. The normalized spacial score (nSPS) is 10.0. The van der Waals surface area contributed by atoms with E-state index in [-0.39, 0.29) is 18.4 Å². The third-order valence-electron chi connectivity index (χ3n) is 3.05. The molecule has 0 saturated heterocycles. The molecule has 5 heteroatoms. The molecule has 116 valence electrons. The van der Waals surface area contributed by atoms with Gasteiger partial charge in [0.2, 0.25) is 5.91 Å². The minimum absolute atomic E-state index is 0.124. The van der Waals surface area contributed by atoms with Crippen molar-refractivity contribution in [2.75, 3.05) is 6.61 Å². The number of benzene rings is 1. The minimum atomic E-state index is -0.376. The highest BCUT2D eigenvalue weighted by Gasteiger charge is 2.05. The van der Waals surface area contributed by atoms with Gasteiger partial charge in [-0.05, 0) is 30.5 Å². The zero-order chi connectivity index (χ0) is 15.5. The lowest BCUT2D eigenvalue weighted by atomic mass is 10.2. The average Bonchev–Trinajstić information content (AvgIpc) is 2.51. The number of aryl methyl sites for hydroxylation is 1. The zero-order valence-corrected chi connectivity index (χ0v) is 12.8. The molecule has 0 aliphatic carbocycles. The first-order valence-electron chi connectivity index (χ1n) is 7.45. The molecule has 1 aromatic rings. The number of hydrogen-bond acceptors (Lipinski definition) is 3. The maximum atomic E-state index is 11.5. The van der Waals surface area contributed by atoms with Crippen LogP contribution in [-0.4, -0.2) is 18.4 Å². The van der Waals surface area contributed by atoms with Crippen LogP contribution in [0.15, 0.2) is 24.3 Å². The van der Waals surface area contributed by atoms with Crippen molar-refractivity contribution in [1.29, 1.82) is 0 Å². The Morgan fingerprint density at radius 2 is 1.67 bits per heavy atom. The summed E-state index contributed by atoms with van der Waals surface area (Å²) in [7, 11) is 0. The van der Waals surface area contributed by atoms with Crippen LogP contribution in [0.1, 0.15) is 45.1 Å². The molecule has 0 aliphatic heterocycles. The standard InChI is InChI=1S/C16H24N2O3/c1-3-5-6-7-15(19)17-18-16(20)12-21-14-10-8-13(4-2)9-11-14/h8-11H,3-7,12H2,1-2H3,(H,17,19)(H,18,20). The van der Waals surface area contributed by atoms with Crippen molar-refractivity contribution in [3.05, 3.63) is 29.8 Å². The second-order valence-corrected chi connectivity index (χ2v) is 4.84. The highest BCUT2D eigenvalue weighted by molar-refractivity contribution is 5.82. The second-order valence-electron chi connectivity index (χ2n) is 4.84. The Kier molecular flexibility index (Phi) is 7.94. The minimum Gasteiger partial charge on any atom is -0.484 e. The Morgan fingerprint density at radius 3 is 2.29 bits per heavy atom. The van der Waals surface area contributed by atoms with Crippen LogP contribution in [0.3, 0.4) is 0 Å². The molecule has 0 unspecified atom stereocenters. The van der Waals surface area contributed by atoms with E-state index in [2.05, 4.69) is 24.7 Å². The van der Waals surface area contributed by atoms with Gasteiger partial charge >= 0.3 is 0 Å². The monoisotopic (exact) mass is 292 g/mol. The molecule has 21 heavy (non-hydrogen) atoms. The van der Waals surface area contributed by atoms with Crippen molar-refractivity contribution < 1.29 is 14.3 Å². The summed E-state index contributed by atoms with van der Waals surface area (Å²) in [5, 5.41) is 0. The third kappa shape index (κ3) is 7.34. The first kappa shape index (κ1) is 17.0. The molecular weight excluding hydrogens is 268 g/mol. The Hall–Kier alpha value is -2.04. The number of amides is 2. The zero-order valence-electron chi connectivity index (χ0n) is 12.8. The van der Waals surface area contributed by atoms with E-state index >= 15 is 0 Å². The van der Waals surface area contributed by atoms with Crippen LogP contribution in [0.25, 0.3) is 0 Å². The lowest BCUT2D eigenvalue weighted by molar-refractivity contribution is -0.130. The number of carbonyl (C=O) groups is 2. The molecule has 1 aromatic carbocycles. The van der Waals surface area contributed by atoms with E-state index in [9.17, 15) is 9.59 Å². The summed E-state index contributed by atoms with van der Waals surface area (Å²) in [6.07, 6.45) is 4.29. The van der Waals surface area contributed by atoms with Gasteiger partial charge in [-0.25, -0.2) is 0 Å². The van der Waals surface area contributed by atoms with E-state index in [4.69, 9.17) is 4.74 Å².